The molecule has 1 saturated heterocycles. The maximum atomic E-state index is 13.7. The van der Waals surface area contributed by atoms with Crippen LogP contribution in [0.25, 0.3) is 5.57 Å². The average molecular weight is 294 g/mol. The minimum absolute atomic E-state index is 0.150. The van der Waals surface area contributed by atoms with E-state index in [9.17, 15) is 13.6 Å². The van der Waals surface area contributed by atoms with Crippen molar-refractivity contribution in [3.05, 3.63) is 41.5 Å². The molecule has 1 amide bonds. The molecule has 0 radical (unpaired) electrons. The number of halogens is 2. The Morgan fingerprint density at radius 1 is 1.33 bits per heavy atom. The third kappa shape index (κ3) is 3.88. The zero-order valence-corrected chi connectivity index (χ0v) is 12.3. The molecule has 0 bridgehead atoms. The summed E-state index contributed by atoms with van der Waals surface area (Å²) in [6.45, 7) is 3.46. The van der Waals surface area contributed by atoms with Crippen molar-refractivity contribution in [3.63, 3.8) is 0 Å². The number of amides is 1. The predicted octanol–water partition coefficient (Wildman–Crippen LogP) is 2.58. The standard InChI is InChI=1S/C16H20F2N2O/c1-11(14-4-3-12(17)10-15(14)18)9-16(21)20(2)13-5-7-19-8-6-13/h3-4,9-10,13,19H,5-8H2,1-2H3. The number of benzene rings is 1. The Hall–Kier alpha value is -1.75. The lowest BCUT2D eigenvalue weighted by Crippen LogP contribution is -2.43. The molecule has 5 heteroatoms. The second kappa shape index (κ2) is 6.80. The van der Waals surface area contributed by atoms with E-state index in [1.165, 1.54) is 18.2 Å². The maximum absolute atomic E-state index is 13.7. The average Bonchev–Trinajstić information content (AvgIpc) is 2.47. The molecule has 2 rings (SSSR count). The SMILES string of the molecule is CC(=CC(=O)N(C)C1CCNCC1)c1ccc(F)cc1F. The van der Waals surface area contributed by atoms with Crippen LogP contribution in [0.5, 0.6) is 0 Å². The highest BCUT2D eigenvalue weighted by atomic mass is 19.1. The van der Waals surface area contributed by atoms with Gasteiger partial charge in [-0.2, -0.15) is 0 Å². The molecule has 0 aromatic heterocycles. The molecule has 114 valence electrons. The first-order chi connectivity index (χ1) is 9.99. The molecule has 0 spiro atoms. The monoisotopic (exact) mass is 294 g/mol. The summed E-state index contributed by atoms with van der Waals surface area (Å²) in [5.74, 6) is -1.42. The molecule has 21 heavy (non-hydrogen) atoms. The van der Waals surface area contributed by atoms with E-state index in [4.69, 9.17) is 0 Å². The van der Waals surface area contributed by atoms with Crippen molar-refractivity contribution in [2.45, 2.75) is 25.8 Å². The van der Waals surface area contributed by atoms with Gasteiger partial charge in [0.1, 0.15) is 11.6 Å². The number of allylic oxidation sites excluding steroid dienone is 1. The molecule has 0 aliphatic carbocycles. The minimum atomic E-state index is -0.652. The van der Waals surface area contributed by atoms with Crippen molar-refractivity contribution in [3.8, 4) is 0 Å². The number of hydrogen-bond acceptors (Lipinski definition) is 2. The van der Waals surface area contributed by atoms with Crippen LogP contribution in [0, 0.1) is 11.6 Å². The molecule has 1 aromatic rings. The van der Waals surface area contributed by atoms with Crippen LogP contribution in [-0.4, -0.2) is 37.0 Å². The van der Waals surface area contributed by atoms with Crippen molar-refractivity contribution in [1.29, 1.82) is 0 Å². The summed E-state index contributed by atoms with van der Waals surface area (Å²) in [4.78, 5) is 13.9. The van der Waals surface area contributed by atoms with Crippen LogP contribution < -0.4 is 5.32 Å². The zero-order chi connectivity index (χ0) is 15.4. The number of nitrogens with one attached hydrogen (secondary N) is 1. The van der Waals surface area contributed by atoms with E-state index < -0.39 is 11.6 Å². The maximum Gasteiger partial charge on any atom is 0.246 e. The van der Waals surface area contributed by atoms with E-state index in [1.807, 2.05) is 0 Å². The quantitative estimate of drug-likeness (QED) is 0.869. The Balaban J connectivity index is 2.11. The van der Waals surface area contributed by atoms with Crippen molar-refractivity contribution >= 4 is 11.5 Å². The van der Waals surface area contributed by atoms with Gasteiger partial charge in [-0.15, -0.1) is 0 Å². The van der Waals surface area contributed by atoms with Crippen molar-refractivity contribution in [1.82, 2.24) is 10.2 Å². The number of carbonyl (C=O) groups excluding carboxylic acids is 1. The summed E-state index contributed by atoms with van der Waals surface area (Å²) >= 11 is 0. The lowest BCUT2D eigenvalue weighted by atomic mass is 10.0. The normalized spacial score (nSPS) is 16.9. The molecule has 1 aromatic carbocycles. The summed E-state index contributed by atoms with van der Waals surface area (Å²) in [5, 5.41) is 3.25. The first-order valence-electron chi connectivity index (χ1n) is 7.10. The highest BCUT2D eigenvalue weighted by Crippen LogP contribution is 2.19. The Morgan fingerprint density at radius 2 is 2.00 bits per heavy atom. The van der Waals surface area contributed by atoms with Crippen LogP contribution >= 0.6 is 0 Å². The fourth-order valence-electron chi connectivity index (χ4n) is 2.55. The van der Waals surface area contributed by atoms with E-state index in [1.54, 1.807) is 18.9 Å². The van der Waals surface area contributed by atoms with E-state index in [2.05, 4.69) is 5.32 Å². The molecule has 1 aliphatic rings. The number of hydrogen-bond donors (Lipinski definition) is 1. The van der Waals surface area contributed by atoms with Crippen molar-refractivity contribution in [2.75, 3.05) is 20.1 Å². The van der Waals surface area contributed by atoms with Crippen molar-refractivity contribution in [2.24, 2.45) is 0 Å². The Labute approximate surface area is 123 Å². The molecule has 1 N–H and O–H groups in total. The molecular weight excluding hydrogens is 274 g/mol. The highest BCUT2D eigenvalue weighted by Gasteiger charge is 2.21. The van der Waals surface area contributed by atoms with Gasteiger partial charge < -0.3 is 10.2 Å². The Morgan fingerprint density at radius 3 is 2.62 bits per heavy atom. The van der Waals surface area contributed by atoms with E-state index in [0.29, 0.717) is 5.57 Å². The summed E-state index contributed by atoms with van der Waals surface area (Å²) in [5.41, 5.74) is 0.752. The Bertz CT molecular complexity index is 551. The second-order valence-corrected chi connectivity index (χ2v) is 5.38. The van der Waals surface area contributed by atoms with Gasteiger partial charge in [0.2, 0.25) is 5.91 Å². The smallest absolute Gasteiger partial charge is 0.246 e. The molecule has 0 saturated carbocycles. The molecular formula is C16H20F2N2O. The Kier molecular flexibility index (Phi) is 5.07. The van der Waals surface area contributed by atoms with Gasteiger partial charge in [-0.3, -0.25) is 4.79 Å². The molecule has 1 aliphatic heterocycles. The predicted molar refractivity (Wildman–Crippen MR) is 78.7 cm³/mol. The van der Waals surface area contributed by atoms with Gasteiger partial charge in [0.15, 0.2) is 0 Å². The van der Waals surface area contributed by atoms with E-state index in [0.717, 1.165) is 32.0 Å². The van der Waals surface area contributed by atoms with Gasteiger partial charge in [-0.25, -0.2) is 8.78 Å². The minimum Gasteiger partial charge on any atom is -0.339 e. The lowest BCUT2D eigenvalue weighted by Gasteiger charge is -2.31. The van der Waals surface area contributed by atoms with Crippen molar-refractivity contribution < 1.29 is 13.6 Å². The first kappa shape index (κ1) is 15.6. The summed E-state index contributed by atoms with van der Waals surface area (Å²) in [7, 11) is 1.77. The van der Waals surface area contributed by atoms with Crippen LogP contribution in [0.3, 0.4) is 0 Å². The number of piperidine rings is 1. The topological polar surface area (TPSA) is 32.3 Å². The van der Waals surface area contributed by atoms with Crippen LogP contribution in [0.2, 0.25) is 0 Å². The highest BCUT2D eigenvalue weighted by molar-refractivity contribution is 5.95. The lowest BCUT2D eigenvalue weighted by molar-refractivity contribution is -0.127. The molecule has 1 heterocycles. The first-order valence-corrected chi connectivity index (χ1v) is 7.10. The van der Waals surface area contributed by atoms with E-state index >= 15 is 0 Å². The second-order valence-electron chi connectivity index (χ2n) is 5.38. The van der Waals surface area contributed by atoms with Crippen LogP contribution in [0.15, 0.2) is 24.3 Å². The van der Waals surface area contributed by atoms with Gasteiger partial charge in [0.25, 0.3) is 0 Å². The number of carbonyl (C=O) groups is 1. The number of rotatable bonds is 3. The van der Waals surface area contributed by atoms with Crippen LogP contribution in [0.4, 0.5) is 8.78 Å². The summed E-state index contributed by atoms with van der Waals surface area (Å²) in [6.07, 6.45) is 3.25. The largest absolute Gasteiger partial charge is 0.339 e. The number of nitrogens with zero attached hydrogens (tertiary/aromatic N) is 1. The summed E-state index contributed by atoms with van der Waals surface area (Å²) in [6, 6.07) is 3.58. The third-order valence-electron chi connectivity index (χ3n) is 3.90. The molecule has 1 fully saturated rings. The molecule has 0 unspecified atom stereocenters. The van der Waals surface area contributed by atoms with Gasteiger partial charge in [0, 0.05) is 30.8 Å². The summed E-state index contributed by atoms with van der Waals surface area (Å²) < 4.78 is 26.6. The van der Waals surface area contributed by atoms with Crippen LogP contribution in [-0.2, 0) is 4.79 Å². The van der Waals surface area contributed by atoms with Gasteiger partial charge in [-0.1, -0.05) is 0 Å². The molecule has 3 nitrogen and oxygen atoms in total. The zero-order valence-electron chi connectivity index (χ0n) is 12.3. The van der Waals surface area contributed by atoms with E-state index in [-0.39, 0.29) is 17.5 Å². The van der Waals surface area contributed by atoms with Gasteiger partial charge in [-0.05, 0) is 50.6 Å². The fourth-order valence-corrected chi connectivity index (χ4v) is 2.55. The number of likely N-dealkylation sites (N-methyl/N-ethyl adjacent to an activating group) is 1. The molecule has 0 atom stereocenters. The van der Waals surface area contributed by atoms with Crippen LogP contribution in [0.1, 0.15) is 25.3 Å². The third-order valence-corrected chi connectivity index (χ3v) is 3.90. The fraction of sp³-hybridized carbons (Fsp3) is 0.438. The van der Waals surface area contributed by atoms with Gasteiger partial charge in [0.05, 0.1) is 0 Å². The van der Waals surface area contributed by atoms with Gasteiger partial charge >= 0.3 is 0 Å².